The van der Waals surface area contributed by atoms with Gasteiger partial charge in [0, 0.05) is 35.3 Å². The number of fused-ring (bicyclic) bond motifs is 5. The minimum Gasteiger partial charge on any atom is -0.411 e. The summed E-state index contributed by atoms with van der Waals surface area (Å²) in [5.74, 6) is 3.61. The van der Waals surface area contributed by atoms with Crippen LogP contribution in [0.2, 0.25) is 0 Å². The fourth-order valence-corrected chi connectivity index (χ4v) is 8.38. The summed E-state index contributed by atoms with van der Waals surface area (Å²) in [5.41, 5.74) is 6.85. The molecule has 0 radical (unpaired) electrons. The molecule has 146 valence electrons. The number of nitrogens with zero attached hydrogens (tertiary/aromatic N) is 1. The van der Waals surface area contributed by atoms with Gasteiger partial charge >= 0.3 is 0 Å². The second-order valence-corrected chi connectivity index (χ2v) is 11.1. The van der Waals surface area contributed by atoms with Crippen LogP contribution in [-0.2, 0) is 4.79 Å². The third-order valence-corrected chi connectivity index (χ3v) is 10.1. The van der Waals surface area contributed by atoms with Crippen LogP contribution in [0.3, 0.4) is 0 Å². The van der Waals surface area contributed by atoms with Crippen LogP contribution in [0, 0.1) is 34.5 Å². The number of thioether (sulfide) groups is 1. The fraction of sp³-hybridized carbons (Fsp3) is 0.905. The molecule has 0 heterocycles. The summed E-state index contributed by atoms with van der Waals surface area (Å²) in [5, 5.41) is 14.3. The van der Waals surface area contributed by atoms with Crippen molar-refractivity contribution in [2.75, 3.05) is 12.3 Å². The highest BCUT2D eigenvalue weighted by atomic mass is 32.2. The smallest absolute Gasteiger partial charge is 0.139 e. The van der Waals surface area contributed by atoms with E-state index in [1.807, 2.05) is 11.8 Å². The maximum atomic E-state index is 12.6. The Hall–Kier alpha value is -0.550. The summed E-state index contributed by atoms with van der Waals surface area (Å²) in [6, 6.07) is 0. The van der Waals surface area contributed by atoms with E-state index in [0.717, 1.165) is 50.1 Å². The minimum atomic E-state index is -0.112. The first-order valence-electron chi connectivity index (χ1n) is 10.5. The van der Waals surface area contributed by atoms with E-state index in [1.165, 1.54) is 19.3 Å². The molecular formula is C21H34N2O2S. The van der Waals surface area contributed by atoms with E-state index in [4.69, 9.17) is 5.73 Å². The number of carbonyl (C=O) groups is 1. The number of oxime groups is 1. The van der Waals surface area contributed by atoms with Gasteiger partial charge in [-0.15, -0.1) is 0 Å². The van der Waals surface area contributed by atoms with E-state index in [2.05, 4.69) is 19.0 Å². The summed E-state index contributed by atoms with van der Waals surface area (Å²) in [7, 11) is 0. The molecular weight excluding hydrogens is 344 g/mol. The second kappa shape index (κ2) is 6.80. The molecule has 4 nitrogen and oxygen atoms in total. The summed E-state index contributed by atoms with van der Waals surface area (Å²) in [6.45, 7) is 5.42. The first kappa shape index (κ1) is 18.8. The highest BCUT2D eigenvalue weighted by Gasteiger charge is 2.61. The third-order valence-electron chi connectivity index (χ3n) is 8.74. The summed E-state index contributed by atoms with van der Waals surface area (Å²) in [4.78, 5) is 12.6. The molecule has 26 heavy (non-hydrogen) atoms. The number of rotatable bonds is 3. The molecule has 3 N–H and O–H groups in total. The Morgan fingerprint density at radius 1 is 1.23 bits per heavy atom. The largest absolute Gasteiger partial charge is 0.411 e. The lowest BCUT2D eigenvalue weighted by atomic mass is 9.45. The molecule has 0 saturated heterocycles. The lowest BCUT2D eigenvalue weighted by Crippen LogP contribution is -2.56. The van der Waals surface area contributed by atoms with Crippen molar-refractivity contribution in [1.82, 2.24) is 0 Å². The number of carbonyl (C=O) groups excluding carboxylic acids is 1. The summed E-state index contributed by atoms with van der Waals surface area (Å²) < 4.78 is 0. The Balaban J connectivity index is 1.61. The molecule has 0 amide bonds. The molecule has 4 saturated carbocycles. The van der Waals surface area contributed by atoms with Gasteiger partial charge < -0.3 is 10.9 Å². The van der Waals surface area contributed by atoms with Crippen LogP contribution in [0.1, 0.15) is 65.2 Å². The van der Waals surface area contributed by atoms with Crippen molar-refractivity contribution in [3.05, 3.63) is 0 Å². The molecule has 7 atom stereocenters. The standard InChI is InChI=1S/C21H34N2O2S/c1-20-7-5-13(26-10-9-22)11-17(20)18(23-25)12-14-15-3-4-19(24)21(15,2)8-6-16(14)20/h13-17,25H,3-12,22H2,1-2H3/b23-18+/t13-,14+,15+,16+,17?,20-,21+/m1/s1. The molecule has 4 fully saturated rings. The topological polar surface area (TPSA) is 75.7 Å². The van der Waals surface area contributed by atoms with Crippen molar-refractivity contribution >= 4 is 23.3 Å². The van der Waals surface area contributed by atoms with Crippen LogP contribution >= 0.6 is 11.8 Å². The van der Waals surface area contributed by atoms with Gasteiger partial charge in [0.05, 0.1) is 5.71 Å². The molecule has 0 aromatic heterocycles. The third kappa shape index (κ3) is 2.68. The van der Waals surface area contributed by atoms with Crippen LogP contribution in [0.4, 0.5) is 0 Å². The van der Waals surface area contributed by atoms with E-state index >= 15 is 0 Å². The highest BCUT2D eigenvalue weighted by molar-refractivity contribution is 7.99. The van der Waals surface area contributed by atoms with Crippen LogP contribution in [0.15, 0.2) is 5.16 Å². The van der Waals surface area contributed by atoms with Gasteiger partial charge in [-0.05, 0) is 68.1 Å². The fourth-order valence-electron chi connectivity index (χ4n) is 7.30. The van der Waals surface area contributed by atoms with Gasteiger partial charge in [0.1, 0.15) is 5.78 Å². The molecule has 1 unspecified atom stereocenters. The van der Waals surface area contributed by atoms with Crippen molar-refractivity contribution < 1.29 is 10.0 Å². The maximum absolute atomic E-state index is 12.6. The average molecular weight is 379 g/mol. The predicted octanol–water partition coefficient (Wildman–Crippen LogP) is 4.10. The van der Waals surface area contributed by atoms with Gasteiger partial charge in [0.2, 0.25) is 0 Å². The lowest BCUT2D eigenvalue weighted by molar-refractivity contribution is -0.133. The van der Waals surface area contributed by atoms with E-state index in [0.29, 0.717) is 34.7 Å². The van der Waals surface area contributed by atoms with Crippen molar-refractivity contribution in [3.63, 3.8) is 0 Å². The molecule has 4 aliphatic rings. The highest BCUT2D eigenvalue weighted by Crippen LogP contribution is 2.65. The Labute approximate surface area is 161 Å². The van der Waals surface area contributed by atoms with Crippen molar-refractivity contribution in [2.45, 2.75) is 70.5 Å². The van der Waals surface area contributed by atoms with E-state index in [-0.39, 0.29) is 10.8 Å². The zero-order chi connectivity index (χ0) is 18.5. The first-order chi connectivity index (χ1) is 12.4. The zero-order valence-electron chi connectivity index (χ0n) is 16.2. The molecule has 0 aliphatic heterocycles. The zero-order valence-corrected chi connectivity index (χ0v) is 17.1. The summed E-state index contributed by atoms with van der Waals surface area (Å²) >= 11 is 2.00. The Kier molecular flexibility index (Phi) is 4.92. The Morgan fingerprint density at radius 2 is 2.04 bits per heavy atom. The van der Waals surface area contributed by atoms with Gasteiger partial charge in [-0.3, -0.25) is 4.79 Å². The Morgan fingerprint density at radius 3 is 2.77 bits per heavy atom. The maximum Gasteiger partial charge on any atom is 0.139 e. The van der Waals surface area contributed by atoms with Gasteiger partial charge in [-0.1, -0.05) is 19.0 Å². The van der Waals surface area contributed by atoms with Crippen LogP contribution in [-0.4, -0.2) is 34.2 Å². The molecule has 0 bridgehead atoms. The lowest BCUT2D eigenvalue weighted by Gasteiger charge is -2.60. The SMILES string of the molecule is C[C@]12CC[C@@H](SCCN)CC1/C(=N/O)C[C@@H]1[C@@H]2CC[C@]2(C)C(=O)CC[C@@H]12. The minimum absolute atomic E-state index is 0.112. The van der Waals surface area contributed by atoms with E-state index in [9.17, 15) is 10.0 Å². The first-order valence-corrected chi connectivity index (χ1v) is 11.5. The normalized spacial score (nSPS) is 49.6. The average Bonchev–Trinajstić information content (AvgIpc) is 2.94. The Bertz CT molecular complexity index is 609. The number of hydrogen-bond acceptors (Lipinski definition) is 5. The van der Waals surface area contributed by atoms with Crippen molar-refractivity contribution in [2.24, 2.45) is 45.4 Å². The quantitative estimate of drug-likeness (QED) is 0.573. The van der Waals surface area contributed by atoms with Crippen LogP contribution in [0.25, 0.3) is 0 Å². The van der Waals surface area contributed by atoms with Gasteiger partial charge in [-0.2, -0.15) is 11.8 Å². The molecule has 5 heteroatoms. The molecule has 0 aromatic rings. The van der Waals surface area contributed by atoms with Crippen molar-refractivity contribution in [1.29, 1.82) is 0 Å². The molecule has 4 aliphatic carbocycles. The number of ketones is 1. The van der Waals surface area contributed by atoms with E-state index in [1.54, 1.807) is 0 Å². The van der Waals surface area contributed by atoms with Crippen LogP contribution in [0.5, 0.6) is 0 Å². The molecule has 4 rings (SSSR count). The van der Waals surface area contributed by atoms with E-state index < -0.39 is 0 Å². The van der Waals surface area contributed by atoms with Crippen LogP contribution < -0.4 is 5.73 Å². The van der Waals surface area contributed by atoms with Gasteiger partial charge in [-0.25, -0.2) is 0 Å². The molecule has 0 spiro atoms. The molecule has 0 aromatic carbocycles. The van der Waals surface area contributed by atoms with Gasteiger partial charge in [0.25, 0.3) is 0 Å². The number of hydrogen-bond donors (Lipinski definition) is 2. The number of Topliss-reactive ketones (excluding diaryl/α,β-unsaturated/α-hetero) is 1. The number of nitrogens with two attached hydrogens (primary N) is 1. The predicted molar refractivity (Wildman–Crippen MR) is 107 cm³/mol. The second-order valence-electron chi connectivity index (χ2n) is 9.70. The summed E-state index contributed by atoms with van der Waals surface area (Å²) in [6.07, 6.45) is 8.55. The monoisotopic (exact) mass is 378 g/mol. The van der Waals surface area contributed by atoms with Gasteiger partial charge in [0.15, 0.2) is 0 Å². The van der Waals surface area contributed by atoms with Crippen molar-refractivity contribution in [3.8, 4) is 0 Å².